The number of rotatable bonds is 4. The van der Waals surface area contributed by atoms with Crippen molar-refractivity contribution in [2.24, 2.45) is 5.92 Å². The molecule has 1 fully saturated rings. The average molecular weight is 282 g/mol. The van der Waals surface area contributed by atoms with Crippen LogP contribution in [0.4, 0.5) is 0 Å². The van der Waals surface area contributed by atoms with Gasteiger partial charge in [0.1, 0.15) is 0 Å². The standard InChI is InChI=1S/C15H20ClNO2/c1-17(11-12-5-7-19-8-6-12)15(18)14-4-2-3-13(9-14)10-16/h2-4,9,12H,5-8,10-11H2,1H3. The Labute approximate surface area is 119 Å². The van der Waals surface area contributed by atoms with Crippen molar-refractivity contribution in [3.05, 3.63) is 35.4 Å². The third-order valence-electron chi connectivity index (χ3n) is 3.55. The first-order valence-electron chi connectivity index (χ1n) is 6.69. The highest BCUT2D eigenvalue weighted by Crippen LogP contribution is 2.17. The van der Waals surface area contributed by atoms with Gasteiger partial charge in [-0.15, -0.1) is 11.6 Å². The molecule has 104 valence electrons. The summed E-state index contributed by atoms with van der Waals surface area (Å²) in [6.45, 7) is 2.43. The normalized spacial score (nSPS) is 16.3. The van der Waals surface area contributed by atoms with E-state index in [4.69, 9.17) is 16.3 Å². The lowest BCUT2D eigenvalue weighted by atomic mass is 9.99. The van der Waals surface area contributed by atoms with E-state index in [0.29, 0.717) is 17.4 Å². The van der Waals surface area contributed by atoms with Gasteiger partial charge in [-0.3, -0.25) is 4.79 Å². The van der Waals surface area contributed by atoms with Crippen molar-refractivity contribution in [1.82, 2.24) is 4.90 Å². The summed E-state index contributed by atoms with van der Waals surface area (Å²) in [6, 6.07) is 7.53. The Balaban J connectivity index is 1.97. The van der Waals surface area contributed by atoms with Crippen LogP contribution in [0.2, 0.25) is 0 Å². The summed E-state index contributed by atoms with van der Waals surface area (Å²) >= 11 is 5.80. The molecule has 1 aliphatic heterocycles. The first-order chi connectivity index (χ1) is 9.20. The Bertz CT molecular complexity index is 430. The van der Waals surface area contributed by atoms with Gasteiger partial charge < -0.3 is 9.64 Å². The van der Waals surface area contributed by atoms with Crippen molar-refractivity contribution in [3.63, 3.8) is 0 Å². The highest BCUT2D eigenvalue weighted by Gasteiger charge is 2.19. The SMILES string of the molecule is CN(CC1CCOCC1)C(=O)c1cccc(CCl)c1. The Morgan fingerprint density at radius 3 is 2.84 bits per heavy atom. The molecule has 1 aliphatic rings. The molecular formula is C15H20ClNO2. The summed E-state index contributed by atoms with van der Waals surface area (Å²) in [5.41, 5.74) is 1.69. The molecule has 1 aromatic rings. The minimum Gasteiger partial charge on any atom is -0.381 e. The van der Waals surface area contributed by atoms with E-state index < -0.39 is 0 Å². The molecule has 0 radical (unpaired) electrons. The molecule has 3 nitrogen and oxygen atoms in total. The van der Waals surface area contributed by atoms with Crippen LogP contribution in [0.25, 0.3) is 0 Å². The number of carbonyl (C=O) groups excluding carboxylic acids is 1. The zero-order chi connectivity index (χ0) is 13.7. The zero-order valence-corrected chi connectivity index (χ0v) is 12.0. The van der Waals surface area contributed by atoms with Crippen molar-refractivity contribution >= 4 is 17.5 Å². The predicted molar refractivity (Wildman–Crippen MR) is 76.5 cm³/mol. The minimum absolute atomic E-state index is 0.0680. The minimum atomic E-state index is 0.0680. The number of carbonyl (C=O) groups is 1. The third-order valence-corrected chi connectivity index (χ3v) is 3.86. The van der Waals surface area contributed by atoms with Gasteiger partial charge in [-0.2, -0.15) is 0 Å². The van der Waals surface area contributed by atoms with Crippen LogP contribution in [0.1, 0.15) is 28.8 Å². The number of nitrogens with zero attached hydrogens (tertiary/aromatic N) is 1. The molecule has 0 saturated carbocycles. The van der Waals surface area contributed by atoms with Gasteiger partial charge in [-0.25, -0.2) is 0 Å². The van der Waals surface area contributed by atoms with E-state index in [1.807, 2.05) is 36.2 Å². The van der Waals surface area contributed by atoms with Crippen LogP contribution >= 0.6 is 11.6 Å². The van der Waals surface area contributed by atoms with E-state index in [2.05, 4.69) is 0 Å². The third kappa shape index (κ3) is 3.95. The molecule has 0 spiro atoms. The lowest BCUT2D eigenvalue weighted by molar-refractivity contribution is 0.0497. The Kier molecular flexibility index (Phi) is 5.23. The predicted octanol–water partition coefficient (Wildman–Crippen LogP) is 2.92. The molecule has 0 N–H and O–H groups in total. The summed E-state index contributed by atoms with van der Waals surface area (Å²) in [4.78, 5) is 14.1. The quantitative estimate of drug-likeness (QED) is 0.794. The fourth-order valence-electron chi connectivity index (χ4n) is 2.41. The fraction of sp³-hybridized carbons (Fsp3) is 0.533. The van der Waals surface area contributed by atoms with Crippen molar-refractivity contribution in [1.29, 1.82) is 0 Å². The van der Waals surface area contributed by atoms with Gasteiger partial charge in [0.15, 0.2) is 0 Å². The molecule has 0 bridgehead atoms. The van der Waals surface area contributed by atoms with Gasteiger partial charge >= 0.3 is 0 Å². The molecule has 0 aliphatic carbocycles. The largest absolute Gasteiger partial charge is 0.381 e. The van der Waals surface area contributed by atoms with Gasteiger partial charge in [0.05, 0.1) is 0 Å². The van der Waals surface area contributed by atoms with Gasteiger partial charge in [0, 0.05) is 38.2 Å². The van der Waals surface area contributed by atoms with Gasteiger partial charge in [0.2, 0.25) is 0 Å². The molecule has 1 amide bonds. The highest BCUT2D eigenvalue weighted by molar-refractivity contribution is 6.17. The van der Waals surface area contributed by atoms with Crippen LogP contribution in [0.15, 0.2) is 24.3 Å². The lowest BCUT2D eigenvalue weighted by Gasteiger charge is -2.27. The van der Waals surface area contributed by atoms with E-state index >= 15 is 0 Å². The second-order valence-electron chi connectivity index (χ2n) is 5.08. The van der Waals surface area contributed by atoms with Crippen LogP contribution < -0.4 is 0 Å². The highest BCUT2D eigenvalue weighted by atomic mass is 35.5. The van der Waals surface area contributed by atoms with Crippen LogP contribution in [0.3, 0.4) is 0 Å². The van der Waals surface area contributed by atoms with Crippen molar-refractivity contribution in [3.8, 4) is 0 Å². The van der Waals surface area contributed by atoms with Crippen LogP contribution in [-0.2, 0) is 10.6 Å². The Morgan fingerprint density at radius 2 is 2.16 bits per heavy atom. The van der Waals surface area contributed by atoms with E-state index in [0.717, 1.165) is 38.2 Å². The molecule has 19 heavy (non-hydrogen) atoms. The number of hydrogen-bond acceptors (Lipinski definition) is 2. The number of amides is 1. The molecule has 1 aromatic carbocycles. The fourth-order valence-corrected chi connectivity index (χ4v) is 2.57. The average Bonchev–Trinajstić information content (AvgIpc) is 2.47. The molecule has 1 saturated heterocycles. The topological polar surface area (TPSA) is 29.5 Å². The second kappa shape index (κ2) is 6.92. The van der Waals surface area contributed by atoms with Gasteiger partial charge in [0.25, 0.3) is 5.91 Å². The van der Waals surface area contributed by atoms with E-state index in [1.54, 1.807) is 0 Å². The molecule has 2 rings (SSSR count). The summed E-state index contributed by atoms with van der Waals surface area (Å²) < 4.78 is 5.34. The summed E-state index contributed by atoms with van der Waals surface area (Å²) in [5.74, 6) is 1.06. The van der Waals surface area contributed by atoms with E-state index in [1.165, 1.54) is 0 Å². The van der Waals surface area contributed by atoms with E-state index in [9.17, 15) is 4.79 Å². The molecule has 4 heteroatoms. The van der Waals surface area contributed by atoms with Crippen molar-refractivity contribution in [2.75, 3.05) is 26.8 Å². The smallest absolute Gasteiger partial charge is 0.253 e. The maximum Gasteiger partial charge on any atom is 0.253 e. The molecule has 0 aromatic heterocycles. The first-order valence-corrected chi connectivity index (χ1v) is 7.22. The molecule has 0 unspecified atom stereocenters. The van der Waals surface area contributed by atoms with Crippen LogP contribution in [-0.4, -0.2) is 37.6 Å². The molecule has 0 atom stereocenters. The molecule has 1 heterocycles. The maximum atomic E-state index is 12.3. The van der Waals surface area contributed by atoms with Gasteiger partial charge in [-0.05, 0) is 36.5 Å². The number of halogens is 1. The number of benzene rings is 1. The van der Waals surface area contributed by atoms with E-state index in [-0.39, 0.29) is 5.91 Å². The number of ether oxygens (including phenoxy) is 1. The number of hydrogen-bond donors (Lipinski definition) is 0. The van der Waals surface area contributed by atoms with Crippen LogP contribution in [0.5, 0.6) is 0 Å². The lowest BCUT2D eigenvalue weighted by Crippen LogP contribution is -2.34. The first kappa shape index (κ1) is 14.4. The summed E-state index contributed by atoms with van der Waals surface area (Å²) in [6.07, 6.45) is 2.08. The summed E-state index contributed by atoms with van der Waals surface area (Å²) in [5, 5.41) is 0. The zero-order valence-electron chi connectivity index (χ0n) is 11.3. The van der Waals surface area contributed by atoms with Crippen molar-refractivity contribution < 1.29 is 9.53 Å². The second-order valence-corrected chi connectivity index (χ2v) is 5.34. The monoisotopic (exact) mass is 281 g/mol. The van der Waals surface area contributed by atoms with Gasteiger partial charge in [-0.1, -0.05) is 12.1 Å². The maximum absolute atomic E-state index is 12.3. The molecular weight excluding hydrogens is 262 g/mol. The Hall–Kier alpha value is -1.06. The number of alkyl halides is 1. The Morgan fingerprint density at radius 1 is 1.42 bits per heavy atom. The van der Waals surface area contributed by atoms with Crippen LogP contribution in [0, 0.1) is 5.92 Å². The summed E-state index contributed by atoms with van der Waals surface area (Å²) in [7, 11) is 1.87. The van der Waals surface area contributed by atoms with Crippen molar-refractivity contribution in [2.45, 2.75) is 18.7 Å².